The Morgan fingerprint density at radius 3 is 2.68 bits per heavy atom. The van der Waals surface area contributed by atoms with Crippen LogP contribution in [0.15, 0.2) is 72.0 Å². The van der Waals surface area contributed by atoms with Gasteiger partial charge in [0.1, 0.15) is 11.3 Å². The van der Waals surface area contributed by atoms with Crippen molar-refractivity contribution in [3.05, 3.63) is 89.4 Å². The van der Waals surface area contributed by atoms with E-state index in [2.05, 4.69) is 10.3 Å². The number of fused-ring (bicyclic) bond motifs is 1. The van der Waals surface area contributed by atoms with E-state index >= 15 is 0 Å². The van der Waals surface area contributed by atoms with Gasteiger partial charge in [0.05, 0.1) is 6.54 Å². The third-order valence-corrected chi connectivity index (χ3v) is 6.28. The van der Waals surface area contributed by atoms with Gasteiger partial charge >= 0.3 is 0 Å². The van der Waals surface area contributed by atoms with Crippen molar-refractivity contribution in [2.75, 3.05) is 0 Å². The van der Waals surface area contributed by atoms with E-state index in [4.69, 9.17) is 4.98 Å². The van der Waals surface area contributed by atoms with Crippen molar-refractivity contribution in [2.45, 2.75) is 36.3 Å². The minimum Gasteiger partial charge on any atom is -0.349 e. The van der Waals surface area contributed by atoms with Crippen LogP contribution in [0.4, 0.5) is 4.39 Å². The van der Waals surface area contributed by atoms with E-state index in [-0.39, 0.29) is 11.7 Å². The highest BCUT2D eigenvalue weighted by Gasteiger charge is 2.23. The fourth-order valence-electron chi connectivity index (χ4n) is 3.39. The second-order valence-electron chi connectivity index (χ2n) is 7.65. The third-order valence-electron chi connectivity index (χ3n) is 5.25. The summed E-state index contributed by atoms with van der Waals surface area (Å²) in [5.74, 6) is 0.247. The van der Waals surface area contributed by atoms with Crippen LogP contribution in [-0.4, -0.2) is 26.5 Å². The Morgan fingerprint density at radius 2 is 1.90 bits per heavy atom. The first kappa shape index (κ1) is 19.8. The van der Waals surface area contributed by atoms with Crippen LogP contribution >= 0.6 is 11.8 Å². The van der Waals surface area contributed by atoms with Crippen molar-refractivity contribution < 1.29 is 9.18 Å². The van der Waals surface area contributed by atoms with Gasteiger partial charge in [0.15, 0.2) is 10.8 Å². The first-order valence-corrected chi connectivity index (χ1v) is 11.2. The number of imidazole rings is 1. The standard InChI is InChI=1S/C24H21FN4OS/c25-20-5-2-1-4-18(20)15-31-24-28-21-6-3-13-26-22(21)29(24)14-16-7-9-17(10-8-16)23(30)27-19-11-12-19/h1-10,13,19H,11-12,14-15H2,(H,27,30). The van der Waals surface area contributed by atoms with Crippen molar-refractivity contribution >= 4 is 28.8 Å². The molecule has 2 aromatic heterocycles. The number of hydrogen-bond donors (Lipinski definition) is 1. The van der Waals surface area contributed by atoms with Crippen LogP contribution in [-0.2, 0) is 12.3 Å². The summed E-state index contributed by atoms with van der Waals surface area (Å²) in [4.78, 5) is 21.5. The molecule has 31 heavy (non-hydrogen) atoms. The molecule has 5 rings (SSSR count). The lowest BCUT2D eigenvalue weighted by molar-refractivity contribution is 0.0951. The number of rotatable bonds is 7. The number of amides is 1. The van der Waals surface area contributed by atoms with Gasteiger partial charge in [-0.3, -0.25) is 9.36 Å². The van der Waals surface area contributed by atoms with Gasteiger partial charge in [-0.25, -0.2) is 14.4 Å². The molecule has 0 spiro atoms. The molecule has 7 heteroatoms. The number of benzene rings is 2. The van der Waals surface area contributed by atoms with Gasteiger partial charge in [-0.2, -0.15) is 0 Å². The molecule has 0 unspecified atom stereocenters. The topological polar surface area (TPSA) is 59.8 Å². The molecule has 1 aliphatic carbocycles. The molecule has 0 saturated heterocycles. The number of carbonyl (C=O) groups excluding carboxylic acids is 1. The van der Waals surface area contributed by atoms with Crippen molar-refractivity contribution in [3.63, 3.8) is 0 Å². The lowest BCUT2D eigenvalue weighted by Crippen LogP contribution is -2.25. The second-order valence-corrected chi connectivity index (χ2v) is 8.59. The maximum atomic E-state index is 14.0. The number of nitrogens with one attached hydrogen (secondary N) is 1. The number of thioether (sulfide) groups is 1. The number of halogens is 1. The summed E-state index contributed by atoms with van der Waals surface area (Å²) in [5.41, 5.74) is 3.94. The summed E-state index contributed by atoms with van der Waals surface area (Å²) in [7, 11) is 0. The van der Waals surface area contributed by atoms with E-state index in [1.165, 1.54) is 17.8 Å². The van der Waals surface area contributed by atoms with Crippen LogP contribution < -0.4 is 5.32 Å². The van der Waals surface area contributed by atoms with Gasteiger partial charge in [0, 0.05) is 23.6 Å². The van der Waals surface area contributed by atoms with Crippen molar-refractivity contribution in [1.29, 1.82) is 0 Å². The molecule has 2 aromatic carbocycles. The zero-order valence-electron chi connectivity index (χ0n) is 16.8. The quantitative estimate of drug-likeness (QED) is 0.426. The van der Waals surface area contributed by atoms with Crippen LogP contribution in [0.2, 0.25) is 0 Å². The fraction of sp³-hybridized carbons (Fsp3) is 0.208. The maximum Gasteiger partial charge on any atom is 0.251 e. The first-order valence-electron chi connectivity index (χ1n) is 10.2. The molecule has 4 aromatic rings. The van der Waals surface area contributed by atoms with Gasteiger partial charge < -0.3 is 5.32 Å². The zero-order chi connectivity index (χ0) is 21.2. The van der Waals surface area contributed by atoms with Crippen LogP contribution in [0.25, 0.3) is 11.2 Å². The van der Waals surface area contributed by atoms with E-state index < -0.39 is 0 Å². The third kappa shape index (κ3) is 4.46. The highest BCUT2D eigenvalue weighted by molar-refractivity contribution is 7.98. The Hall–Kier alpha value is -3.19. The smallest absolute Gasteiger partial charge is 0.251 e. The minimum absolute atomic E-state index is 0.0232. The highest BCUT2D eigenvalue weighted by atomic mass is 32.2. The van der Waals surface area contributed by atoms with Crippen LogP contribution in [0.1, 0.15) is 34.3 Å². The molecular formula is C24H21FN4OS. The Balaban J connectivity index is 1.38. The Labute approximate surface area is 183 Å². The normalized spacial score (nSPS) is 13.5. The molecule has 0 atom stereocenters. The van der Waals surface area contributed by atoms with E-state index in [1.807, 2.05) is 47.0 Å². The van der Waals surface area contributed by atoms with Gasteiger partial charge in [-0.15, -0.1) is 0 Å². The number of nitrogens with zero attached hydrogens (tertiary/aromatic N) is 3. The predicted octanol–water partition coefficient (Wildman–Crippen LogP) is 4.80. The monoisotopic (exact) mass is 432 g/mol. The lowest BCUT2D eigenvalue weighted by atomic mass is 10.1. The maximum absolute atomic E-state index is 14.0. The summed E-state index contributed by atoms with van der Waals surface area (Å²) in [6.07, 6.45) is 3.88. The molecule has 1 aliphatic rings. The summed E-state index contributed by atoms with van der Waals surface area (Å²) in [6.45, 7) is 0.567. The van der Waals surface area contributed by atoms with E-state index in [9.17, 15) is 9.18 Å². The van der Waals surface area contributed by atoms with E-state index in [0.717, 1.165) is 34.7 Å². The first-order chi connectivity index (χ1) is 15.2. The van der Waals surface area contributed by atoms with E-state index in [0.29, 0.717) is 29.5 Å². The molecule has 0 radical (unpaired) electrons. The van der Waals surface area contributed by atoms with Gasteiger partial charge in [-0.1, -0.05) is 42.1 Å². The van der Waals surface area contributed by atoms with Crippen LogP contribution in [0, 0.1) is 5.82 Å². The predicted molar refractivity (Wildman–Crippen MR) is 120 cm³/mol. The van der Waals surface area contributed by atoms with Gasteiger partial charge in [-0.05, 0) is 54.3 Å². The second kappa shape index (κ2) is 8.51. The van der Waals surface area contributed by atoms with Crippen LogP contribution in [0.5, 0.6) is 0 Å². The number of aromatic nitrogens is 3. The number of hydrogen-bond acceptors (Lipinski definition) is 4. The molecule has 0 bridgehead atoms. The largest absolute Gasteiger partial charge is 0.349 e. The SMILES string of the molecule is O=C(NC1CC1)c1ccc(Cn2c(SCc3ccccc3F)nc3cccnc32)cc1. The van der Waals surface area contributed by atoms with E-state index in [1.54, 1.807) is 18.3 Å². The Morgan fingerprint density at radius 1 is 1.10 bits per heavy atom. The molecule has 0 aliphatic heterocycles. The summed E-state index contributed by atoms with van der Waals surface area (Å²) in [6, 6.07) is 18.5. The summed E-state index contributed by atoms with van der Waals surface area (Å²) in [5, 5.41) is 3.79. The van der Waals surface area contributed by atoms with Crippen molar-refractivity contribution in [1.82, 2.24) is 19.9 Å². The highest BCUT2D eigenvalue weighted by Crippen LogP contribution is 2.27. The van der Waals surface area contributed by atoms with Crippen molar-refractivity contribution in [2.24, 2.45) is 0 Å². The molecule has 1 N–H and O–H groups in total. The molecule has 156 valence electrons. The Bertz CT molecular complexity index is 1230. The molecule has 5 nitrogen and oxygen atoms in total. The lowest BCUT2D eigenvalue weighted by Gasteiger charge is -2.10. The van der Waals surface area contributed by atoms with Gasteiger partial charge in [0.2, 0.25) is 0 Å². The molecule has 1 amide bonds. The molecule has 1 fully saturated rings. The van der Waals surface area contributed by atoms with Crippen LogP contribution in [0.3, 0.4) is 0 Å². The molecule has 1 saturated carbocycles. The summed E-state index contributed by atoms with van der Waals surface area (Å²) >= 11 is 1.49. The number of pyridine rings is 1. The minimum atomic E-state index is -0.212. The molecule has 2 heterocycles. The number of carbonyl (C=O) groups is 1. The zero-order valence-corrected chi connectivity index (χ0v) is 17.6. The molecular weight excluding hydrogens is 411 g/mol. The summed E-state index contributed by atoms with van der Waals surface area (Å²) < 4.78 is 16.1. The van der Waals surface area contributed by atoms with Crippen molar-refractivity contribution in [3.8, 4) is 0 Å². The average molecular weight is 433 g/mol. The Kier molecular flexibility index (Phi) is 5.42. The average Bonchev–Trinajstić information content (AvgIpc) is 3.54. The fourth-order valence-corrected chi connectivity index (χ4v) is 4.38. The van der Waals surface area contributed by atoms with Gasteiger partial charge in [0.25, 0.3) is 5.91 Å².